The molecule has 2 rings (SSSR count). The summed E-state index contributed by atoms with van der Waals surface area (Å²) in [6.07, 6.45) is 1.84. The van der Waals surface area contributed by atoms with Gasteiger partial charge in [0, 0.05) is 25.2 Å². The van der Waals surface area contributed by atoms with Crippen molar-refractivity contribution >= 4 is 17.5 Å². The lowest BCUT2D eigenvalue weighted by Crippen LogP contribution is -2.13. The lowest BCUT2D eigenvalue weighted by Gasteiger charge is -2.11. The van der Waals surface area contributed by atoms with Gasteiger partial charge in [-0.25, -0.2) is 0 Å². The third-order valence-corrected chi connectivity index (χ3v) is 4.03. The summed E-state index contributed by atoms with van der Waals surface area (Å²) in [5.74, 6) is -0.0107. The first-order valence-electron chi connectivity index (χ1n) is 7.41. The molecule has 0 N–H and O–H groups in total. The Hall–Kier alpha value is -2.04. The van der Waals surface area contributed by atoms with Crippen molar-refractivity contribution in [1.82, 2.24) is 4.90 Å². The zero-order chi connectivity index (χ0) is 16.5. The molecule has 23 heavy (non-hydrogen) atoms. The normalized spacial score (nSPS) is 11.3. The van der Waals surface area contributed by atoms with E-state index < -0.39 is 0 Å². The zero-order valence-corrected chi connectivity index (χ0v) is 14.3. The van der Waals surface area contributed by atoms with Gasteiger partial charge in [0.25, 0.3) is 0 Å². The van der Waals surface area contributed by atoms with E-state index in [9.17, 15) is 4.79 Å². The molecule has 0 saturated carbocycles. The maximum Gasteiger partial charge on any atom is 0.196 e. The van der Waals surface area contributed by atoms with Crippen LogP contribution in [-0.2, 0) is 16.1 Å². The minimum absolute atomic E-state index is 0.0107. The van der Waals surface area contributed by atoms with Gasteiger partial charge in [-0.05, 0) is 17.7 Å². The highest BCUT2D eigenvalue weighted by Gasteiger charge is 2.12. The molecule has 0 spiro atoms. The second-order valence-electron chi connectivity index (χ2n) is 5.27. The van der Waals surface area contributed by atoms with Crippen LogP contribution >= 0.6 is 11.8 Å². The number of carbonyl (C=O) groups is 1. The van der Waals surface area contributed by atoms with E-state index in [1.807, 2.05) is 85.9 Å². The van der Waals surface area contributed by atoms with Gasteiger partial charge in [0.05, 0.1) is 11.5 Å². The minimum Gasteiger partial charge on any atom is -0.382 e. The number of benzene rings is 2. The lowest BCUT2D eigenvalue weighted by molar-refractivity contribution is -0.119. The van der Waals surface area contributed by atoms with Crippen molar-refractivity contribution in [3.05, 3.63) is 77.3 Å². The standard InChI is InChI=1S/C19H21NO2S/c1-20(2)13-19(23-17-11-7-4-8-12-17)18(21)15-22-14-16-9-5-3-6-10-16/h3-13H,14-15H2,1-2H3. The van der Waals surface area contributed by atoms with Gasteiger partial charge >= 0.3 is 0 Å². The van der Waals surface area contributed by atoms with Crippen LogP contribution in [0.4, 0.5) is 0 Å². The van der Waals surface area contributed by atoms with Gasteiger partial charge in [0.2, 0.25) is 0 Å². The van der Waals surface area contributed by atoms with Gasteiger partial charge < -0.3 is 9.64 Å². The van der Waals surface area contributed by atoms with Crippen LogP contribution in [-0.4, -0.2) is 31.4 Å². The second kappa shape index (κ2) is 9.18. The van der Waals surface area contributed by atoms with Crippen LogP contribution in [0.1, 0.15) is 5.56 Å². The number of hydrogen-bond acceptors (Lipinski definition) is 4. The quantitative estimate of drug-likeness (QED) is 0.542. The molecule has 2 aromatic carbocycles. The Bertz CT molecular complexity index is 639. The van der Waals surface area contributed by atoms with Gasteiger partial charge in [-0.2, -0.15) is 0 Å². The third-order valence-electron chi connectivity index (χ3n) is 2.97. The van der Waals surface area contributed by atoms with Crippen molar-refractivity contribution in [2.75, 3.05) is 20.7 Å². The average Bonchev–Trinajstić information content (AvgIpc) is 2.56. The van der Waals surface area contributed by atoms with Crippen LogP contribution in [0.25, 0.3) is 0 Å². The molecule has 0 fully saturated rings. The molecule has 0 atom stereocenters. The fraction of sp³-hybridized carbons (Fsp3) is 0.211. The van der Waals surface area contributed by atoms with Crippen LogP contribution in [0.5, 0.6) is 0 Å². The first-order chi connectivity index (χ1) is 11.1. The monoisotopic (exact) mass is 327 g/mol. The van der Waals surface area contributed by atoms with Crippen LogP contribution in [0.2, 0.25) is 0 Å². The largest absolute Gasteiger partial charge is 0.382 e. The lowest BCUT2D eigenvalue weighted by atomic mass is 10.2. The SMILES string of the molecule is CN(C)C=C(Sc1ccccc1)C(=O)COCc1ccccc1. The number of rotatable bonds is 8. The minimum atomic E-state index is -0.0107. The van der Waals surface area contributed by atoms with Crippen LogP contribution in [0.3, 0.4) is 0 Å². The van der Waals surface area contributed by atoms with Crippen molar-refractivity contribution in [3.8, 4) is 0 Å². The molecule has 4 heteroatoms. The second-order valence-corrected chi connectivity index (χ2v) is 6.39. The van der Waals surface area contributed by atoms with E-state index in [0.29, 0.717) is 11.5 Å². The highest BCUT2D eigenvalue weighted by atomic mass is 32.2. The van der Waals surface area contributed by atoms with Crippen LogP contribution in [0.15, 0.2) is 76.7 Å². The maximum absolute atomic E-state index is 12.4. The molecule has 0 radical (unpaired) electrons. The maximum atomic E-state index is 12.4. The zero-order valence-electron chi connectivity index (χ0n) is 13.4. The van der Waals surface area contributed by atoms with Crippen molar-refractivity contribution in [2.45, 2.75) is 11.5 Å². The molecule has 0 aromatic heterocycles. The molecular weight excluding hydrogens is 306 g/mol. The van der Waals surface area contributed by atoms with Gasteiger partial charge in [-0.1, -0.05) is 60.3 Å². The van der Waals surface area contributed by atoms with Crippen molar-refractivity contribution in [1.29, 1.82) is 0 Å². The number of thioether (sulfide) groups is 1. The molecule has 0 bridgehead atoms. The molecule has 0 aliphatic rings. The van der Waals surface area contributed by atoms with E-state index in [2.05, 4.69) is 0 Å². The van der Waals surface area contributed by atoms with E-state index in [0.717, 1.165) is 10.5 Å². The van der Waals surface area contributed by atoms with Crippen LogP contribution in [0, 0.1) is 0 Å². The molecule has 0 saturated heterocycles. The van der Waals surface area contributed by atoms with Gasteiger partial charge in [-0.3, -0.25) is 4.79 Å². The highest BCUT2D eigenvalue weighted by molar-refractivity contribution is 8.04. The Morgan fingerprint density at radius 1 is 1.04 bits per heavy atom. The van der Waals surface area contributed by atoms with Crippen molar-refractivity contribution in [2.24, 2.45) is 0 Å². The van der Waals surface area contributed by atoms with Gasteiger partial charge in [0.1, 0.15) is 6.61 Å². The van der Waals surface area contributed by atoms with Crippen LogP contribution < -0.4 is 0 Å². The van der Waals surface area contributed by atoms with Crippen molar-refractivity contribution in [3.63, 3.8) is 0 Å². The van der Waals surface area contributed by atoms with E-state index in [-0.39, 0.29) is 12.4 Å². The van der Waals surface area contributed by atoms with E-state index >= 15 is 0 Å². The first kappa shape index (κ1) is 17.3. The number of hydrogen-bond donors (Lipinski definition) is 0. The van der Waals surface area contributed by atoms with Gasteiger partial charge in [-0.15, -0.1) is 0 Å². The summed E-state index contributed by atoms with van der Waals surface area (Å²) in [6, 6.07) is 19.7. The summed E-state index contributed by atoms with van der Waals surface area (Å²) in [5, 5.41) is 0. The molecule has 0 aliphatic heterocycles. The molecule has 3 nitrogen and oxygen atoms in total. The summed E-state index contributed by atoms with van der Waals surface area (Å²) in [5.41, 5.74) is 1.06. The fourth-order valence-corrected chi connectivity index (χ4v) is 2.90. The summed E-state index contributed by atoms with van der Waals surface area (Å²) in [4.78, 5) is 16.0. The topological polar surface area (TPSA) is 29.5 Å². The van der Waals surface area contributed by atoms with E-state index in [1.54, 1.807) is 0 Å². The average molecular weight is 327 g/mol. The summed E-state index contributed by atoms with van der Waals surface area (Å²) < 4.78 is 5.56. The molecule has 0 unspecified atom stereocenters. The molecule has 0 heterocycles. The molecule has 0 amide bonds. The Morgan fingerprint density at radius 3 is 2.26 bits per heavy atom. The Kier molecular flexibility index (Phi) is 6.91. The number of nitrogens with zero attached hydrogens (tertiary/aromatic N) is 1. The number of carbonyl (C=O) groups excluding carboxylic acids is 1. The summed E-state index contributed by atoms with van der Waals surface area (Å²) >= 11 is 1.46. The highest BCUT2D eigenvalue weighted by Crippen LogP contribution is 2.27. The predicted molar refractivity (Wildman–Crippen MR) is 95.2 cm³/mol. The summed E-state index contributed by atoms with van der Waals surface area (Å²) in [7, 11) is 3.81. The molecule has 2 aromatic rings. The van der Waals surface area contributed by atoms with E-state index in [4.69, 9.17) is 4.74 Å². The number of Topliss-reactive ketones (excluding diaryl/α,β-unsaturated/α-hetero) is 1. The smallest absolute Gasteiger partial charge is 0.196 e. The molecular formula is C19H21NO2S. The number of ketones is 1. The number of ether oxygens (including phenoxy) is 1. The molecule has 0 aliphatic carbocycles. The fourth-order valence-electron chi connectivity index (χ4n) is 1.91. The van der Waals surface area contributed by atoms with Crippen molar-refractivity contribution < 1.29 is 9.53 Å². The van der Waals surface area contributed by atoms with Gasteiger partial charge in [0.15, 0.2) is 5.78 Å². The first-order valence-corrected chi connectivity index (χ1v) is 8.23. The summed E-state index contributed by atoms with van der Waals surface area (Å²) in [6.45, 7) is 0.520. The molecule has 120 valence electrons. The third kappa shape index (κ3) is 6.30. The van der Waals surface area contributed by atoms with E-state index in [1.165, 1.54) is 11.8 Å². The Morgan fingerprint density at radius 2 is 1.65 bits per heavy atom. The Labute approximate surface area is 142 Å². The Balaban J connectivity index is 1.94. The predicted octanol–water partition coefficient (Wildman–Crippen LogP) is 3.97.